The second-order valence-electron chi connectivity index (χ2n) is 1.30. The van der Waals surface area contributed by atoms with Crippen molar-refractivity contribution in [2.24, 2.45) is 0 Å². The number of rotatable bonds is 1. The summed E-state index contributed by atoms with van der Waals surface area (Å²) in [6, 6.07) is 0. The SMILES string of the molecule is O=[SH](=O)C(F)(F)C(F)(F)F. The lowest BCUT2D eigenvalue weighted by Crippen LogP contribution is -2.37. The fourth-order valence-electron chi connectivity index (χ4n) is 0.104. The predicted octanol–water partition coefficient (Wildman–Crippen LogP) is 0.753. The van der Waals surface area contributed by atoms with Crippen LogP contribution in [0.5, 0.6) is 0 Å². The maximum Gasteiger partial charge on any atom is 0.469 e. The maximum atomic E-state index is 11.3. The molecule has 0 aliphatic rings. The molecule has 0 aromatic rings. The minimum absolute atomic E-state index is 4.79. The fraction of sp³-hybridized carbons (Fsp3) is 1.00. The quantitative estimate of drug-likeness (QED) is 0.482. The highest BCUT2D eigenvalue weighted by atomic mass is 32.2. The standard InChI is InChI=1S/C2HF5O2S/c3-1(4,5)2(6,7)10(8)9/h10H. The Bertz CT molecular complexity index is 182. The third kappa shape index (κ3) is 1.55. The van der Waals surface area contributed by atoms with Gasteiger partial charge in [0.25, 0.3) is 0 Å². The Hall–Kier alpha value is -0.400. The van der Waals surface area contributed by atoms with Gasteiger partial charge < -0.3 is 0 Å². The molecule has 0 aliphatic heterocycles. The zero-order chi connectivity index (χ0) is 8.58. The normalized spacial score (nSPS) is 14.2. The number of thiol groups is 1. The topological polar surface area (TPSA) is 34.1 Å². The number of hydrogen-bond donors (Lipinski definition) is 1. The van der Waals surface area contributed by atoms with Crippen LogP contribution in [0.3, 0.4) is 0 Å². The molecule has 0 atom stereocenters. The largest absolute Gasteiger partial charge is 0.469 e. The van der Waals surface area contributed by atoms with Crippen LogP contribution >= 0.6 is 0 Å². The van der Waals surface area contributed by atoms with Crippen LogP contribution in [0.25, 0.3) is 0 Å². The summed E-state index contributed by atoms with van der Waals surface area (Å²) in [6.45, 7) is 0. The van der Waals surface area contributed by atoms with Crippen molar-refractivity contribution in [1.82, 2.24) is 0 Å². The van der Waals surface area contributed by atoms with Crippen LogP contribution < -0.4 is 0 Å². The summed E-state index contributed by atoms with van der Waals surface area (Å²) in [5.41, 5.74) is 0. The summed E-state index contributed by atoms with van der Waals surface area (Å²) in [6.07, 6.45) is -6.01. The van der Waals surface area contributed by atoms with E-state index < -0.39 is 22.1 Å². The van der Waals surface area contributed by atoms with Crippen molar-refractivity contribution in [3.63, 3.8) is 0 Å². The van der Waals surface area contributed by atoms with Crippen LogP contribution in [0.1, 0.15) is 0 Å². The van der Waals surface area contributed by atoms with Gasteiger partial charge in [0, 0.05) is 0 Å². The minimum atomic E-state index is -6.01. The molecule has 8 heteroatoms. The molecule has 0 heterocycles. The van der Waals surface area contributed by atoms with Gasteiger partial charge in [-0.05, 0) is 0 Å². The summed E-state index contributed by atoms with van der Waals surface area (Å²) in [5.74, 6) is 0. The van der Waals surface area contributed by atoms with Crippen LogP contribution in [0.15, 0.2) is 0 Å². The summed E-state index contributed by atoms with van der Waals surface area (Å²) < 4.78 is 74.0. The maximum absolute atomic E-state index is 11.3. The third-order valence-electron chi connectivity index (χ3n) is 0.570. The number of halogens is 5. The minimum Gasteiger partial charge on any atom is -0.225 e. The van der Waals surface area contributed by atoms with E-state index in [1.54, 1.807) is 0 Å². The van der Waals surface area contributed by atoms with Crippen LogP contribution in [-0.2, 0) is 10.7 Å². The van der Waals surface area contributed by atoms with Gasteiger partial charge in [0.15, 0.2) is 0 Å². The van der Waals surface area contributed by atoms with Gasteiger partial charge in [-0.2, -0.15) is 22.0 Å². The van der Waals surface area contributed by atoms with Gasteiger partial charge in [0.2, 0.25) is 10.7 Å². The lowest BCUT2D eigenvalue weighted by Gasteiger charge is -2.11. The van der Waals surface area contributed by atoms with Crippen LogP contribution in [0.2, 0.25) is 0 Å². The Morgan fingerprint density at radius 2 is 1.20 bits per heavy atom. The van der Waals surface area contributed by atoms with Gasteiger partial charge in [-0.3, -0.25) is 0 Å². The van der Waals surface area contributed by atoms with Gasteiger partial charge in [-0.15, -0.1) is 0 Å². The molecule has 0 aromatic heterocycles. The molecular weight excluding hydrogens is 183 g/mol. The van der Waals surface area contributed by atoms with E-state index in [2.05, 4.69) is 0 Å². The Labute approximate surface area is 53.6 Å². The van der Waals surface area contributed by atoms with Crippen molar-refractivity contribution in [2.75, 3.05) is 0 Å². The average molecular weight is 184 g/mol. The molecule has 0 aromatic carbocycles. The second kappa shape index (κ2) is 2.33. The highest BCUT2D eigenvalue weighted by molar-refractivity contribution is 7.73. The van der Waals surface area contributed by atoms with Gasteiger partial charge in [0.05, 0.1) is 0 Å². The van der Waals surface area contributed by atoms with Crippen molar-refractivity contribution in [3.8, 4) is 0 Å². The van der Waals surface area contributed by atoms with Crippen LogP contribution in [0.4, 0.5) is 22.0 Å². The third-order valence-corrected chi connectivity index (χ3v) is 1.28. The molecule has 0 fully saturated rings. The van der Waals surface area contributed by atoms with E-state index in [1.807, 2.05) is 0 Å². The number of hydrogen-bond acceptors (Lipinski definition) is 2. The Kier molecular flexibility index (Phi) is 2.24. The lowest BCUT2D eigenvalue weighted by molar-refractivity contribution is -0.239. The first-order valence-electron chi connectivity index (χ1n) is 1.78. The van der Waals surface area contributed by atoms with E-state index in [-0.39, 0.29) is 0 Å². The lowest BCUT2D eigenvalue weighted by atomic mass is 10.7. The van der Waals surface area contributed by atoms with Crippen molar-refractivity contribution in [1.29, 1.82) is 0 Å². The number of alkyl halides is 5. The molecule has 0 N–H and O–H groups in total. The molecule has 0 bridgehead atoms. The molecule has 0 aliphatic carbocycles. The first-order valence-corrected chi connectivity index (χ1v) is 2.96. The van der Waals surface area contributed by atoms with E-state index >= 15 is 0 Å². The zero-order valence-corrected chi connectivity index (χ0v) is 5.05. The van der Waals surface area contributed by atoms with Gasteiger partial charge in [-0.25, -0.2) is 8.42 Å². The molecule has 0 saturated carbocycles. The molecule has 2 nitrogen and oxygen atoms in total. The van der Waals surface area contributed by atoms with E-state index in [9.17, 15) is 30.4 Å². The average Bonchev–Trinajstić information content (AvgIpc) is 1.62. The zero-order valence-electron chi connectivity index (χ0n) is 4.15. The Morgan fingerprint density at radius 3 is 1.20 bits per heavy atom. The highest BCUT2D eigenvalue weighted by Crippen LogP contribution is 2.35. The van der Waals surface area contributed by atoms with Crippen LogP contribution in [0, 0.1) is 0 Å². The van der Waals surface area contributed by atoms with Crippen molar-refractivity contribution < 1.29 is 30.4 Å². The van der Waals surface area contributed by atoms with Gasteiger partial charge in [0.1, 0.15) is 0 Å². The van der Waals surface area contributed by atoms with Gasteiger partial charge in [-0.1, -0.05) is 0 Å². The Morgan fingerprint density at radius 1 is 0.900 bits per heavy atom. The second-order valence-corrected chi connectivity index (χ2v) is 2.37. The van der Waals surface area contributed by atoms with E-state index in [0.29, 0.717) is 0 Å². The molecule has 0 amide bonds. The highest BCUT2D eigenvalue weighted by Gasteiger charge is 2.61. The van der Waals surface area contributed by atoms with Gasteiger partial charge >= 0.3 is 11.4 Å². The fourth-order valence-corrected chi connectivity index (χ4v) is 0.311. The molecule has 62 valence electrons. The molecule has 0 rings (SSSR count). The first-order chi connectivity index (χ1) is 4.19. The molecule has 0 saturated heterocycles. The van der Waals surface area contributed by atoms with Crippen molar-refractivity contribution in [2.45, 2.75) is 11.4 Å². The summed E-state index contributed by atoms with van der Waals surface area (Å²) in [7, 11) is -4.79. The molecular formula is C2HF5O2S. The summed E-state index contributed by atoms with van der Waals surface area (Å²) in [5, 5.41) is -5.61. The monoisotopic (exact) mass is 184 g/mol. The predicted molar refractivity (Wildman–Crippen MR) is 21.3 cm³/mol. The van der Waals surface area contributed by atoms with Crippen molar-refractivity contribution in [3.05, 3.63) is 0 Å². The Balaban J connectivity index is 4.75. The van der Waals surface area contributed by atoms with Crippen LogP contribution in [-0.4, -0.2) is 19.8 Å². The molecule has 10 heavy (non-hydrogen) atoms. The molecule has 0 unspecified atom stereocenters. The summed E-state index contributed by atoms with van der Waals surface area (Å²) >= 11 is 0. The molecule has 0 radical (unpaired) electrons. The van der Waals surface area contributed by atoms with E-state index in [1.165, 1.54) is 0 Å². The van der Waals surface area contributed by atoms with Crippen molar-refractivity contribution >= 4 is 10.7 Å². The molecule has 0 spiro atoms. The van der Waals surface area contributed by atoms with E-state index in [0.717, 1.165) is 0 Å². The smallest absolute Gasteiger partial charge is 0.225 e. The first kappa shape index (κ1) is 9.60. The van der Waals surface area contributed by atoms with E-state index in [4.69, 9.17) is 0 Å². The summed E-state index contributed by atoms with van der Waals surface area (Å²) in [4.78, 5) is 0.